The van der Waals surface area contributed by atoms with E-state index in [4.69, 9.17) is 16.9 Å². The molecular formula is C22H21ClN6OS2. The highest BCUT2D eigenvalue weighted by Gasteiger charge is 2.23. The van der Waals surface area contributed by atoms with Crippen LogP contribution in [0.2, 0.25) is 5.02 Å². The van der Waals surface area contributed by atoms with Crippen molar-refractivity contribution in [1.82, 2.24) is 14.8 Å². The van der Waals surface area contributed by atoms with Crippen molar-refractivity contribution in [2.75, 3.05) is 34.8 Å². The number of amides is 1. The summed E-state index contributed by atoms with van der Waals surface area (Å²) < 4.78 is 1.96. The minimum atomic E-state index is -0.150. The number of rotatable bonds is 8. The van der Waals surface area contributed by atoms with Crippen molar-refractivity contribution in [3.8, 4) is 11.8 Å². The highest BCUT2D eigenvalue weighted by atomic mass is 35.5. The van der Waals surface area contributed by atoms with E-state index in [-0.39, 0.29) is 11.7 Å². The van der Waals surface area contributed by atoms with Crippen LogP contribution in [0.1, 0.15) is 12.8 Å². The average Bonchev–Trinajstić information content (AvgIpc) is 3.47. The number of para-hydroxylation sites is 1. The molecule has 2 heterocycles. The molecule has 4 rings (SSSR count). The Morgan fingerprint density at radius 3 is 2.72 bits per heavy atom. The van der Waals surface area contributed by atoms with Gasteiger partial charge in [0.25, 0.3) is 0 Å². The van der Waals surface area contributed by atoms with Crippen LogP contribution in [0, 0.1) is 11.3 Å². The maximum absolute atomic E-state index is 12.7. The second kappa shape index (κ2) is 10.8. The van der Waals surface area contributed by atoms with Gasteiger partial charge >= 0.3 is 0 Å². The highest BCUT2D eigenvalue weighted by molar-refractivity contribution is 8.00. The molecule has 10 heteroatoms. The molecule has 0 spiro atoms. The number of carbonyl (C=O) groups excluding carboxylic acids is 1. The zero-order valence-electron chi connectivity index (χ0n) is 17.2. The molecule has 0 radical (unpaired) electrons. The van der Waals surface area contributed by atoms with E-state index in [9.17, 15) is 4.79 Å². The van der Waals surface area contributed by atoms with Gasteiger partial charge in [-0.2, -0.15) is 5.26 Å². The predicted molar refractivity (Wildman–Crippen MR) is 130 cm³/mol. The van der Waals surface area contributed by atoms with E-state index in [1.807, 2.05) is 53.1 Å². The molecule has 0 atom stereocenters. The molecular weight excluding hydrogens is 464 g/mol. The molecule has 164 valence electrons. The van der Waals surface area contributed by atoms with Crippen molar-refractivity contribution < 1.29 is 4.79 Å². The average molecular weight is 485 g/mol. The summed E-state index contributed by atoms with van der Waals surface area (Å²) in [6, 6.07) is 17.1. The molecule has 1 amide bonds. The Bertz CT molecular complexity index is 1140. The molecule has 1 aromatic heterocycles. The van der Waals surface area contributed by atoms with Crippen LogP contribution in [0.15, 0.2) is 58.6 Å². The molecule has 0 aliphatic carbocycles. The lowest BCUT2D eigenvalue weighted by Gasteiger charge is -2.18. The molecule has 1 saturated heterocycles. The molecule has 0 unspecified atom stereocenters. The first-order chi connectivity index (χ1) is 15.7. The van der Waals surface area contributed by atoms with Gasteiger partial charge in [0.05, 0.1) is 28.9 Å². The van der Waals surface area contributed by atoms with Crippen LogP contribution >= 0.6 is 35.1 Å². The number of benzene rings is 2. The van der Waals surface area contributed by atoms with Gasteiger partial charge < -0.3 is 10.2 Å². The third kappa shape index (κ3) is 5.38. The van der Waals surface area contributed by atoms with Crippen LogP contribution in [0.3, 0.4) is 0 Å². The number of aromatic nitrogens is 3. The lowest BCUT2D eigenvalue weighted by molar-refractivity contribution is -0.113. The minimum absolute atomic E-state index is 0.150. The molecule has 1 N–H and O–H groups in total. The fourth-order valence-corrected chi connectivity index (χ4v) is 5.04. The summed E-state index contributed by atoms with van der Waals surface area (Å²) in [4.78, 5) is 15.8. The Labute approximate surface area is 200 Å². The number of nitriles is 1. The van der Waals surface area contributed by atoms with Gasteiger partial charge in [0.2, 0.25) is 11.9 Å². The summed E-state index contributed by atoms with van der Waals surface area (Å²) in [5.41, 5.74) is 1.57. The molecule has 1 aliphatic heterocycles. The first kappa shape index (κ1) is 22.5. The third-order valence-corrected chi connectivity index (χ3v) is 6.96. The number of anilines is 2. The fourth-order valence-electron chi connectivity index (χ4n) is 3.44. The summed E-state index contributed by atoms with van der Waals surface area (Å²) in [5, 5.41) is 21.8. The van der Waals surface area contributed by atoms with E-state index in [1.165, 1.54) is 23.5 Å². The predicted octanol–water partition coefficient (Wildman–Crippen LogP) is 4.87. The van der Waals surface area contributed by atoms with Crippen LogP contribution in [-0.4, -0.2) is 45.3 Å². The smallest absolute Gasteiger partial charge is 0.234 e. The van der Waals surface area contributed by atoms with E-state index in [2.05, 4.69) is 26.5 Å². The van der Waals surface area contributed by atoms with Crippen molar-refractivity contribution in [3.05, 3.63) is 53.6 Å². The lowest BCUT2D eigenvalue weighted by atomic mass is 10.3. The highest BCUT2D eigenvalue weighted by Crippen LogP contribution is 2.30. The normalized spacial score (nSPS) is 13.2. The summed E-state index contributed by atoms with van der Waals surface area (Å²) in [6.07, 6.45) is 2.24. The quantitative estimate of drug-likeness (QED) is 0.456. The second-order valence-corrected chi connectivity index (χ2v) is 9.47. The van der Waals surface area contributed by atoms with Crippen molar-refractivity contribution in [3.63, 3.8) is 0 Å². The van der Waals surface area contributed by atoms with Gasteiger partial charge in [-0.3, -0.25) is 9.36 Å². The number of nitrogens with one attached hydrogen (secondary N) is 1. The number of nitrogens with zero attached hydrogens (tertiary/aromatic N) is 5. The van der Waals surface area contributed by atoms with Gasteiger partial charge in [0, 0.05) is 23.0 Å². The summed E-state index contributed by atoms with van der Waals surface area (Å²) >= 11 is 8.96. The van der Waals surface area contributed by atoms with Gasteiger partial charge in [-0.25, -0.2) is 0 Å². The van der Waals surface area contributed by atoms with Crippen LogP contribution in [0.5, 0.6) is 0 Å². The SMILES string of the molecule is N#CCSc1ccccc1NC(=O)CSc1nnc(N2CCCC2)n1-c1cccc(Cl)c1. The zero-order chi connectivity index (χ0) is 22.3. The number of halogens is 1. The van der Waals surface area contributed by atoms with Crippen molar-refractivity contribution in [2.45, 2.75) is 22.9 Å². The van der Waals surface area contributed by atoms with Crippen LogP contribution < -0.4 is 10.2 Å². The van der Waals surface area contributed by atoms with Crippen LogP contribution in [-0.2, 0) is 4.79 Å². The Kier molecular flexibility index (Phi) is 7.58. The largest absolute Gasteiger partial charge is 0.341 e. The van der Waals surface area contributed by atoms with E-state index in [0.717, 1.165) is 42.5 Å². The standard InChI is InChI=1S/C22H21ClN6OS2/c23-16-6-5-7-17(14-16)29-21(28-11-3-4-12-28)26-27-22(29)32-15-20(30)25-18-8-1-2-9-19(18)31-13-10-24/h1-2,5-9,14H,3-4,11-13,15H2,(H,25,30). The third-order valence-electron chi connectivity index (χ3n) is 4.86. The van der Waals surface area contributed by atoms with E-state index in [0.29, 0.717) is 21.6 Å². The molecule has 7 nitrogen and oxygen atoms in total. The molecule has 1 fully saturated rings. The van der Waals surface area contributed by atoms with E-state index >= 15 is 0 Å². The summed E-state index contributed by atoms with van der Waals surface area (Å²) in [7, 11) is 0. The Morgan fingerprint density at radius 1 is 1.12 bits per heavy atom. The summed E-state index contributed by atoms with van der Waals surface area (Å²) in [6.45, 7) is 1.86. The summed E-state index contributed by atoms with van der Waals surface area (Å²) in [5.74, 6) is 1.12. The topological polar surface area (TPSA) is 86.8 Å². The first-order valence-electron chi connectivity index (χ1n) is 10.1. The first-order valence-corrected chi connectivity index (χ1v) is 12.5. The monoisotopic (exact) mass is 484 g/mol. The van der Waals surface area contributed by atoms with Crippen molar-refractivity contribution >= 4 is 52.7 Å². The van der Waals surface area contributed by atoms with Crippen LogP contribution in [0.4, 0.5) is 11.6 Å². The molecule has 32 heavy (non-hydrogen) atoms. The molecule has 2 aromatic carbocycles. The van der Waals surface area contributed by atoms with Crippen molar-refractivity contribution in [1.29, 1.82) is 5.26 Å². The number of thioether (sulfide) groups is 2. The maximum Gasteiger partial charge on any atom is 0.234 e. The molecule has 0 saturated carbocycles. The van der Waals surface area contributed by atoms with Crippen molar-refractivity contribution in [2.24, 2.45) is 0 Å². The zero-order valence-corrected chi connectivity index (χ0v) is 19.6. The second-order valence-electron chi connectivity index (χ2n) is 7.07. The Morgan fingerprint density at radius 2 is 1.94 bits per heavy atom. The van der Waals surface area contributed by atoms with Gasteiger partial charge in [-0.1, -0.05) is 41.6 Å². The van der Waals surface area contributed by atoms with Gasteiger partial charge in [-0.05, 0) is 43.2 Å². The Hall–Kier alpha value is -2.67. The van der Waals surface area contributed by atoms with E-state index in [1.54, 1.807) is 0 Å². The fraction of sp³-hybridized carbons (Fsp3) is 0.273. The molecule has 1 aliphatic rings. The number of hydrogen-bond donors (Lipinski definition) is 1. The minimum Gasteiger partial charge on any atom is -0.341 e. The molecule has 0 bridgehead atoms. The van der Waals surface area contributed by atoms with E-state index < -0.39 is 0 Å². The number of carbonyl (C=O) groups is 1. The molecule has 3 aromatic rings. The maximum atomic E-state index is 12.7. The van der Waals surface area contributed by atoms with Crippen LogP contribution in [0.25, 0.3) is 5.69 Å². The van der Waals surface area contributed by atoms with Gasteiger partial charge in [0.15, 0.2) is 5.16 Å². The lowest BCUT2D eigenvalue weighted by Crippen LogP contribution is -2.22. The van der Waals surface area contributed by atoms with Gasteiger partial charge in [-0.15, -0.1) is 22.0 Å². The number of hydrogen-bond acceptors (Lipinski definition) is 7. The Balaban J connectivity index is 1.51. The van der Waals surface area contributed by atoms with Gasteiger partial charge in [0.1, 0.15) is 0 Å².